The second-order valence-corrected chi connectivity index (χ2v) is 18.0. The van der Waals surface area contributed by atoms with Gasteiger partial charge in [0.15, 0.2) is 0 Å². The van der Waals surface area contributed by atoms with Gasteiger partial charge in [-0.3, -0.25) is 29.4 Å². The van der Waals surface area contributed by atoms with Crippen LogP contribution in [-0.4, -0.2) is 116 Å². The maximum Gasteiger partial charge on any atom is 0.433 e. The highest BCUT2D eigenvalue weighted by Crippen LogP contribution is 2.41. The lowest BCUT2D eigenvalue weighted by atomic mass is 9.86. The van der Waals surface area contributed by atoms with E-state index >= 15 is 0 Å². The van der Waals surface area contributed by atoms with Crippen LogP contribution in [0.4, 0.5) is 26.3 Å². The number of phenolic OH excluding ortho intramolecular Hbond substituents is 1. The number of hydrogen-bond donors (Lipinski definition) is 2. The van der Waals surface area contributed by atoms with Gasteiger partial charge in [-0.25, -0.2) is 0 Å². The zero-order valence-electron chi connectivity index (χ0n) is 37.9. The van der Waals surface area contributed by atoms with Crippen molar-refractivity contribution in [3.8, 4) is 11.5 Å². The number of carbonyl (C=O) groups is 2. The minimum absolute atomic E-state index is 0.179. The van der Waals surface area contributed by atoms with E-state index in [2.05, 4.69) is 32.8 Å². The molecule has 4 aliphatic rings. The Morgan fingerprint density at radius 1 is 0.652 bits per heavy atom. The number of amides is 2. The molecule has 0 bridgehead atoms. The highest BCUT2D eigenvalue weighted by atomic mass is 19.4. The number of benzene rings is 2. The van der Waals surface area contributed by atoms with Crippen molar-refractivity contribution in [2.24, 2.45) is 0 Å². The fraction of sp³-hybridized carbons (Fsp3) is 0.510. The Balaban J connectivity index is 0.000000198. The lowest BCUT2D eigenvalue weighted by Gasteiger charge is -2.48. The number of ether oxygens (including phenoxy) is 1. The first kappa shape index (κ1) is 48.7. The largest absolute Gasteiger partial charge is 0.508 e. The van der Waals surface area contributed by atoms with Crippen LogP contribution in [0.15, 0.2) is 60.9 Å². The highest BCUT2D eigenvalue weighted by Gasteiger charge is 2.40. The van der Waals surface area contributed by atoms with Crippen LogP contribution in [0.3, 0.4) is 0 Å². The molecule has 2 N–H and O–H groups in total. The van der Waals surface area contributed by atoms with Crippen LogP contribution in [-0.2, 0) is 12.4 Å². The minimum atomic E-state index is -4.53. The molecule has 5 atom stereocenters. The van der Waals surface area contributed by atoms with Gasteiger partial charge in [-0.05, 0) is 143 Å². The van der Waals surface area contributed by atoms with E-state index in [1.54, 1.807) is 22.8 Å². The maximum absolute atomic E-state index is 13.0. The van der Waals surface area contributed by atoms with E-state index in [0.29, 0.717) is 45.0 Å². The van der Waals surface area contributed by atoms with Gasteiger partial charge >= 0.3 is 12.4 Å². The number of aromatic nitrogens is 2. The number of aliphatic hydroxyl groups is 1. The Labute approximate surface area is 381 Å². The summed E-state index contributed by atoms with van der Waals surface area (Å²) in [6, 6.07) is 12.8. The van der Waals surface area contributed by atoms with Gasteiger partial charge in [0.2, 0.25) is 0 Å². The van der Waals surface area contributed by atoms with Crippen molar-refractivity contribution in [1.29, 1.82) is 0 Å². The fourth-order valence-corrected chi connectivity index (χ4v) is 10.0. The minimum Gasteiger partial charge on any atom is -0.508 e. The van der Waals surface area contributed by atoms with Crippen molar-refractivity contribution in [1.82, 2.24) is 29.6 Å². The molecule has 6 heterocycles. The molecule has 2 amide bonds. The normalized spacial score (nSPS) is 22.1. The molecule has 4 fully saturated rings. The molecule has 0 aliphatic carbocycles. The number of piperidine rings is 2. The third-order valence-corrected chi connectivity index (χ3v) is 13.8. The molecule has 356 valence electrons. The number of pyridine rings is 2. The lowest BCUT2D eigenvalue weighted by Crippen LogP contribution is -2.57. The van der Waals surface area contributed by atoms with E-state index in [-0.39, 0.29) is 53.7 Å². The van der Waals surface area contributed by atoms with E-state index in [1.807, 2.05) is 32.9 Å². The molecule has 2 aromatic heterocycles. The third-order valence-electron chi connectivity index (χ3n) is 13.8. The first-order valence-corrected chi connectivity index (χ1v) is 22.6. The number of aromatic hydroxyl groups is 1. The van der Waals surface area contributed by atoms with E-state index in [0.717, 1.165) is 85.5 Å². The Morgan fingerprint density at radius 3 is 1.53 bits per heavy atom. The molecule has 4 aliphatic heterocycles. The van der Waals surface area contributed by atoms with Gasteiger partial charge in [0.25, 0.3) is 11.8 Å². The summed E-state index contributed by atoms with van der Waals surface area (Å²) < 4.78 is 82.4. The van der Waals surface area contributed by atoms with E-state index < -0.39 is 29.8 Å². The topological polar surface area (TPSA) is 123 Å². The van der Waals surface area contributed by atoms with Crippen LogP contribution in [0.2, 0.25) is 0 Å². The number of alkyl halides is 6. The number of phenols is 1. The summed E-state index contributed by atoms with van der Waals surface area (Å²) in [7, 11) is 0. The van der Waals surface area contributed by atoms with Crippen molar-refractivity contribution in [3.05, 3.63) is 117 Å². The highest BCUT2D eigenvalue weighted by molar-refractivity contribution is 5.94. The van der Waals surface area contributed by atoms with E-state index in [4.69, 9.17) is 4.74 Å². The van der Waals surface area contributed by atoms with Crippen molar-refractivity contribution in [2.45, 2.75) is 116 Å². The summed E-state index contributed by atoms with van der Waals surface area (Å²) >= 11 is 0. The maximum atomic E-state index is 13.0. The van der Waals surface area contributed by atoms with Gasteiger partial charge in [0, 0.05) is 75.8 Å². The number of nitrogens with zero attached hydrogens (tertiary/aromatic N) is 6. The Morgan fingerprint density at radius 2 is 1.11 bits per heavy atom. The van der Waals surface area contributed by atoms with Crippen molar-refractivity contribution >= 4 is 11.8 Å². The molecule has 66 heavy (non-hydrogen) atoms. The molecule has 11 nitrogen and oxygen atoms in total. The first-order chi connectivity index (χ1) is 31.2. The number of aliphatic hydroxyl groups excluding tert-OH is 1. The SMILES string of the molecule is Cc1c(O)ccc([C@H]2CCC[C@H]3CN(C(=O)c4ccc(C(F)(F)F)nc4)CCN32)c1C.Cc1c(OC[C@H](C)O)ccc([C@H]2CCC[C@H]3CN(C(=O)c4ccc(C(F)(F)F)nc4)CCN32)c1C. The molecule has 0 spiro atoms. The number of rotatable bonds is 7. The molecule has 0 saturated carbocycles. The summed E-state index contributed by atoms with van der Waals surface area (Å²) in [6.45, 7) is 13.6. The summed E-state index contributed by atoms with van der Waals surface area (Å²) in [5.74, 6) is 0.522. The summed E-state index contributed by atoms with van der Waals surface area (Å²) in [5.41, 5.74) is 5.06. The molecule has 17 heteroatoms. The molecular weight excluding hydrogens is 867 g/mol. The number of hydrogen-bond acceptors (Lipinski definition) is 9. The standard InChI is InChI=1S/C26H32F3N3O3.C23H26F3N3O2/c1-16(33)15-35-23-9-8-21(17(2)18(23)3)22-6-4-5-20-14-31(11-12-32(20)22)25(34)19-7-10-24(30-13-19)26(27,28)29;1-14-15(2)20(30)8-7-18(14)19-5-3-4-17-13-28(10-11-29(17)19)22(31)16-6-9-21(27-12-16)23(24,25)26/h7-10,13,16,20,22,33H,4-6,11-12,14-15H2,1-3H3;6-9,12,17,19,30H,3-5,10-11,13H2,1-2H3/t16-,20-,22+;17-,19+/m00/s1. The summed E-state index contributed by atoms with van der Waals surface area (Å²) in [4.78, 5) is 41.1. The second kappa shape index (κ2) is 19.9. The number of carbonyl (C=O) groups excluding carboxylic acids is 2. The Bertz CT molecular complexity index is 2360. The average molecular weight is 925 g/mol. The van der Waals surface area contributed by atoms with Gasteiger partial charge in [0.1, 0.15) is 29.5 Å². The first-order valence-electron chi connectivity index (χ1n) is 22.6. The van der Waals surface area contributed by atoms with Crippen molar-refractivity contribution in [2.75, 3.05) is 45.9 Å². The molecule has 0 unspecified atom stereocenters. The van der Waals surface area contributed by atoms with Crippen molar-refractivity contribution in [3.63, 3.8) is 0 Å². The number of fused-ring (bicyclic) bond motifs is 2. The lowest BCUT2D eigenvalue weighted by molar-refractivity contribution is -0.142. The van der Waals surface area contributed by atoms with Crippen LogP contribution in [0.25, 0.3) is 0 Å². The van der Waals surface area contributed by atoms with Crippen LogP contribution in [0.1, 0.15) is 123 Å². The Kier molecular flexibility index (Phi) is 14.7. The summed E-state index contributed by atoms with van der Waals surface area (Å²) in [6.07, 6.45) is -1.47. The monoisotopic (exact) mass is 924 g/mol. The van der Waals surface area contributed by atoms with Crippen LogP contribution in [0, 0.1) is 27.7 Å². The smallest absolute Gasteiger partial charge is 0.433 e. The van der Waals surface area contributed by atoms with Crippen LogP contribution < -0.4 is 4.74 Å². The fourth-order valence-electron chi connectivity index (χ4n) is 10.0. The quantitative estimate of drug-likeness (QED) is 0.175. The molecule has 4 aromatic rings. The van der Waals surface area contributed by atoms with Crippen LogP contribution in [0.5, 0.6) is 11.5 Å². The predicted molar refractivity (Wildman–Crippen MR) is 235 cm³/mol. The van der Waals surface area contributed by atoms with Gasteiger partial charge in [0.05, 0.1) is 17.2 Å². The second-order valence-electron chi connectivity index (χ2n) is 18.0. The molecular formula is C49H58F6N6O5. The molecule has 4 saturated heterocycles. The Hall–Kier alpha value is -5.26. The van der Waals surface area contributed by atoms with E-state index in [1.165, 1.54) is 28.8 Å². The van der Waals surface area contributed by atoms with Crippen LogP contribution >= 0.6 is 0 Å². The zero-order valence-corrected chi connectivity index (χ0v) is 37.9. The molecule has 0 radical (unpaired) electrons. The van der Waals surface area contributed by atoms with Gasteiger partial charge in [-0.15, -0.1) is 0 Å². The predicted octanol–water partition coefficient (Wildman–Crippen LogP) is 9.00. The average Bonchev–Trinajstić information content (AvgIpc) is 3.30. The number of halogens is 6. The summed E-state index contributed by atoms with van der Waals surface area (Å²) in [5, 5.41) is 19.5. The molecule has 2 aromatic carbocycles. The van der Waals surface area contributed by atoms with Gasteiger partial charge in [-0.1, -0.05) is 12.1 Å². The third kappa shape index (κ3) is 10.6. The zero-order chi connectivity index (χ0) is 47.7. The molecule has 8 rings (SSSR count). The van der Waals surface area contributed by atoms with E-state index in [9.17, 15) is 46.1 Å². The van der Waals surface area contributed by atoms with Gasteiger partial charge < -0.3 is 24.7 Å². The van der Waals surface area contributed by atoms with Crippen molar-refractivity contribution < 1.29 is 50.9 Å². The number of piperazine rings is 2. The van der Waals surface area contributed by atoms with Gasteiger partial charge in [-0.2, -0.15) is 26.3 Å².